The number of aromatic nitrogens is 3. The summed E-state index contributed by atoms with van der Waals surface area (Å²) < 4.78 is 7.54. The molecule has 0 N–H and O–H groups in total. The summed E-state index contributed by atoms with van der Waals surface area (Å²) in [5, 5.41) is 9.81. The Kier molecular flexibility index (Phi) is 5.35. The van der Waals surface area contributed by atoms with Crippen LogP contribution in [-0.2, 0) is 11.3 Å². The largest absolute Gasteiger partial charge is 0.421 e. The van der Waals surface area contributed by atoms with Crippen LogP contribution in [0.2, 0.25) is 5.02 Å². The first-order chi connectivity index (χ1) is 15.5. The van der Waals surface area contributed by atoms with Crippen LogP contribution in [0.1, 0.15) is 11.5 Å². The molecule has 0 spiro atoms. The molecule has 2 aromatic heterocycles. The molecule has 0 saturated carbocycles. The Labute approximate surface area is 191 Å². The van der Waals surface area contributed by atoms with Gasteiger partial charge in [-0.3, -0.25) is 4.79 Å². The molecule has 1 aliphatic heterocycles. The van der Waals surface area contributed by atoms with Gasteiger partial charge in [0.05, 0.1) is 0 Å². The quantitative estimate of drug-likeness (QED) is 0.464. The van der Waals surface area contributed by atoms with E-state index in [-0.39, 0.29) is 5.91 Å². The number of nitrogens with zero attached hydrogens (tertiary/aromatic N) is 5. The van der Waals surface area contributed by atoms with E-state index in [1.807, 2.05) is 58.1 Å². The summed E-state index contributed by atoms with van der Waals surface area (Å²) in [4.78, 5) is 17.3. The van der Waals surface area contributed by atoms with Crippen molar-refractivity contribution in [3.63, 3.8) is 0 Å². The van der Waals surface area contributed by atoms with Crippen LogP contribution >= 0.6 is 11.6 Å². The van der Waals surface area contributed by atoms with Gasteiger partial charge in [-0.2, -0.15) is 0 Å². The minimum absolute atomic E-state index is 0.115. The molecule has 8 heteroatoms. The fourth-order valence-corrected chi connectivity index (χ4v) is 4.40. The van der Waals surface area contributed by atoms with Crippen molar-refractivity contribution in [2.75, 3.05) is 31.1 Å². The second kappa shape index (κ2) is 8.31. The molecule has 1 amide bonds. The number of aryl methyl sites for hydroxylation is 2. The van der Waals surface area contributed by atoms with Crippen LogP contribution in [0.15, 0.2) is 53.1 Å². The highest BCUT2D eigenvalue weighted by atomic mass is 35.5. The highest BCUT2D eigenvalue weighted by Crippen LogP contribution is 2.26. The third-order valence-electron chi connectivity index (χ3n) is 6.00. The Hall–Kier alpha value is -3.32. The number of piperazine rings is 1. The lowest BCUT2D eigenvalue weighted by Gasteiger charge is -2.37. The van der Waals surface area contributed by atoms with Gasteiger partial charge in [0.25, 0.3) is 0 Å². The molecule has 2 aromatic carbocycles. The molecule has 0 radical (unpaired) electrons. The number of halogens is 1. The molecule has 1 fully saturated rings. The summed E-state index contributed by atoms with van der Waals surface area (Å²) in [5.74, 6) is 1.12. The van der Waals surface area contributed by atoms with E-state index in [1.54, 1.807) is 6.92 Å². The number of carbonyl (C=O) groups is 1. The molecular weight excluding hydrogens is 426 g/mol. The van der Waals surface area contributed by atoms with Gasteiger partial charge in [0.2, 0.25) is 17.7 Å². The molecule has 32 heavy (non-hydrogen) atoms. The van der Waals surface area contributed by atoms with Crippen molar-refractivity contribution in [3.8, 4) is 11.5 Å². The van der Waals surface area contributed by atoms with Crippen LogP contribution in [0.5, 0.6) is 0 Å². The summed E-state index contributed by atoms with van der Waals surface area (Å²) in [6.07, 6.45) is 1.96. The number of hydrogen-bond donors (Lipinski definition) is 0. The number of anilines is 1. The maximum Gasteiger partial charge on any atom is 0.247 e. The average molecular weight is 450 g/mol. The molecule has 0 bridgehead atoms. The van der Waals surface area contributed by atoms with E-state index in [2.05, 4.69) is 22.0 Å². The first-order valence-electron chi connectivity index (χ1n) is 10.7. The van der Waals surface area contributed by atoms with Crippen LogP contribution in [0, 0.1) is 13.8 Å². The molecule has 1 aliphatic rings. The SMILES string of the molecule is Cc1nnc(-c2ccc3ccn(CC(=O)N4CCN(c5cc(Cl)ccc5C)CC4)c3c2)o1. The van der Waals surface area contributed by atoms with Gasteiger partial charge in [0.1, 0.15) is 6.54 Å². The van der Waals surface area contributed by atoms with E-state index in [9.17, 15) is 4.79 Å². The third-order valence-corrected chi connectivity index (χ3v) is 6.23. The van der Waals surface area contributed by atoms with Gasteiger partial charge in [-0.1, -0.05) is 23.7 Å². The lowest BCUT2D eigenvalue weighted by molar-refractivity contribution is -0.132. The van der Waals surface area contributed by atoms with E-state index < -0.39 is 0 Å². The molecule has 3 heterocycles. The van der Waals surface area contributed by atoms with E-state index in [4.69, 9.17) is 16.0 Å². The first-order valence-corrected chi connectivity index (χ1v) is 11.0. The van der Waals surface area contributed by atoms with Crippen molar-refractivity contribution in [2.45, 2.75) is 20.4 Å². The number of amides is 1. The zero-order valence-corrected chi connectivity index (χ0v) is 18.8. The number of carbonyl (C=O) groups excluding carboxylic acids is 1. The molecule has 0 unspecified atom stereocenters. The fraction of sp³-hybridized carbons (Fsp3) is 0.292. The molecule has 7 nitrogen and oxygen atoms in total. The van der Waals surface area contributed by atoms with Gasteiger partial charge in [0.15, 0.2) is 0 Å². The molecule has 4 aromatic rings. The van der Waals surface area contributed by atoms with Crippen molar-refractivity contribution in [3.05, 3.63) is 65.1 Å². The second-order valence-corrected chi connectivity index (χ2v) is 8.58. The molecule has 164 valence electrons. The third kappa shape index (κ3) is 3.96. The Morgan fingerprint density at radius 1 is 1.03 bits per heavy atom. The molecule has 0 aliphatic carbocycles. The zero-order valence-electron chi connectivity index (χ0n) is 18.1. The predicted molar refractivity (Wildman–Crippen MR) is 125 cm³/mol. The normalized spacial score (nSPS) is 14.3. The lowest BCUT2D eigenvalue weighted by atomic mass is 10.1. The monoisotopic (exact) mass is 449 g/mol. The van der Waals surface area contributed by atoms with Gasteiger partial charge in [-0.15, -0.1) is 10.2 Å². The number of hydrogen-bond acceptors (Lipinski definition) is 5. The number of benzene rings is 2. The Bertz CT molecular complexity index is 1290. The van der Waals surface area contributed by atoms with Gasteiger partial charge in [-0.25, -0.2) is 0 Å². The smallest absolute Gasteiger partial charge is 0.247 e. The standard InChI is InChI=1S/C24H24ClN5O2/c1-16-3-6-20(25)14-21(16)28-9-11-29(12-10-28)23(31)15-30-8-7-18-4-5-19(13-22(18)30)24-27-26-17(2)32-24/h3-8,13-14H,9-12,15H2,1-2H3. The molecule has 1 saturated heterocycles. The number of fused-ring (bicyclic) bond motifs is 1. The van der Waals surface area contributed by atoms with Crippen molar-refractivity contribution in [2.24, 2.45) is 0 Å². The molecule has 5 rings (SSSR count). The summed E-state index contributed by atoms with van der Waals surface area (Å²) >= 11 is 6.19. The first kappa shape index (κ1) is 20.6. The van der Waals surface area contributed by atoms with E-state index in [0.717, 1.165) is 40.3 Å². The second-order valence-electron chi connectivity index (χ2n) is 8.14. The van der Waals surface area contributed by atoms with Crippen LogP contribution in [0.4, 0.5) is 5.69 Å². The molecular formula is C24H24ClN5O2. The minimum Gasteiger partial charge on any atom is -0.421 e. The highest BCUT2D eigenvalue weighted by Gasteiger charge is 2.23. The maximum absolute atomic E-state index is 13.1. The summed E-state index contributed by atoms with van der Waals surface area (Å²) in [6, 6.07) is 13.9. The Morgan fingerprint density at radius 2 is 1.84 bits per heavy atom. The van der Waals surface area contributed by atoms with Crippen molar-refractivity contribution >= 4 is 34.1 Å². The van der Waals surface area contributed by atoms with Gasteiger partial charge < -0.3 is 18.8 Å². The summed E-state index contributed by atoms with van der Waals surface area (Å²) in [6.45, 7) is 7.12. The van der Waals surface area contributed by atoms with E-state index >= 15 is 0 Å². The van der Waals surface area contributed by atoms with Crippen molar-refractivity contribution in [1.82, 2.24) is 19.7 Å². The Balaban J connectivity index is 1.29. The molecule has 0 atom stereocenters. The summed E-state index contributed by atoms with van der Waals surface area (Å²) in [7, 11) is 0. The van der Waals surface area contributed by atoms with Crippen LogP contribution < -0.4 is 4.90 Å². The maximum atomic E-state index is 13.1. The predicted octanol–water partition coefficient (Wildman–Crippen LogP) is 4.31. The van der Waals surface area contributed by atoms with Crippen LogP contribution in [0.25, 0.3) is 22.4 Å². The van der Waals surface area contributed by atoms with Gasteiger partial charge >= 0.3 is 0 Å². The van der Waals surface area contributed by atoms with Gasteiger partial charge in [-0.05, 0) is 48.2 Å². The topological polar surface area (TPSA) is 67.4 Å². The zero-order chi connectivity index (χ0) is 22.2. The van der Waals surface area contributed by atoms with Crippen LogP contribution in [0.3, 0.4) is 0 Å². The highest BCUT2D eigenvalue weighted by molar-refractivity contribution is 6.30. The minimum atomic E-state index is 0.115. The van der Waals surface area contributed by atoms with E-state index in [0.29, 0.717) is 31.4 Å². The van der Waals surface area contributed by atoms with E-state index in [1.165, 1.54) is 5.56 Å². The van der Waals surface area contributed by atoms with Crippen molar-refractivity contribution in [1.29, 1.82) is 0 Å². The number of rotatable bonds is 4. The van der Waals surface area contributed by atoms with Crippen molar-refractivity contribution < 1.29 is 9.21 Å². The lowest BCUT2D eigenvalue weighted by Crippen LogP contribution is -2.49. The van der Waals surface area contributed by atoms with Crippen LogP contribution in [-0.4, -0.2) is 51.8 Å². The van der Waals surface area contributed by atoms with Gasteiger partial charge in [0, 0.05) is 61.1 Å². The average Bonchev–Trinajstić information content (AvgIpc) is 3.41. The summed E-state index contributed by atoms with van der Waals surface area (Å²) in [5.41, 5.74) is 4.15. The fourth-order valence-electron chi connectivity index (χ4n) is 4.23. The Morgan fingerprint density at radius 3 is 2.59 bits per heavy atom.